The Morgan fingerprint density at radius 1 is 0.677 bits per heavy atom. The van der Waals surface area contributed by atoms with E-state index in [1.807, 2.05) is 52.5 Å². The van der Waals surface area contributed by atoms with Crippen LogP contribution in [-0.2, 0) is 5.41 Å². The minimum atomic E-state index is -0.480. The summed E-state index contributed by atoms with van der Waals surface area (Å²) in [5.41, 5.74) is 2.17. The molecule has 0 amide bonds. The first-order valence-electron chi connectivity index (χ1n) is 11.0. The lowest BCUT2D eigenvalue weighted by molar-refractivity contribution is -0.861. The molecule has 0 radical (unpaired) electrons. The molecule has 0 aliphatic rings. The third-order valence-electron chi connectivity index (χ3n) is 5.32. The molecule has 0 saturated carbocycles. The van der Waals surface area contributed by atoms with Crippen molar-refractivity contribution < 1.29 is 29.5 Å². The van der Waals surface area contributed by atoms with Crippen LogP contribution in [0.1, 0.15) is 25.0 Å². The number of hydrogen-bond donors (Lipinski definition) is 4. The van der Waals surface area contributed by atoms with Crippen LogP contribution in [-0.4, -0.2) is 76.9 Å². The van der Waals surface area contributed by atoms with Gasteiger partial charge in [-0.05, 0) is 35.4 Å². The van der Waals surface area contributed by atoms with Crippen LogP contribution in [0.5, 0.6) is 11.5 Å². The number of rotatable bonds is 12. The molecule has 4 N–H and O–H groups in total. The molecule has 0 spiro atoms. The van der Waals surface area contributed by atoms with E-state index in [9.17, 15) is 10.2 Å². The van der Waals surface area contributed by atoms with Crippen LogP contribution in [0.3, 0.4) is 0 Å². The van der Waals surface area contributed by atoms with Crippen molar-refractivity contribution in [3.63, 3.8) is 0 Å². The third-order valence-corrected chi connectivity index (χ3v) is 5.32. The molecule has 0 fully saturated rings. The topological polar surface area (TPSA) is 67.8 Å². The van der Waals surface area contributed by atoms with Crippen molar-refractivity contribution in [3.8, 4) is 11.5 Å². The van der Waals surface area contributed by atoms with Gasteiger partial charge in [-0.25, -0.2) is 0 Å². The SMILES string of the molecule is C[NH+](C)C[C@H](O)COc1ccc(C(C)(C)c2ccc(OC[C@@H](O)C[NH+](C)C)cc2)cc1. The maximum absolute atomic E-state index is 9.97. The van der Waals surface area contributed by atoms with Crippen molar-refractivity contribution in [2.75, 3.05) is 54.5 Å². The molecular formula is C25H40N2O4+2. The number of quaternary nitrogens is 2. The van der Waals surface area contributed by atoms with Crippen LogP contribution < -0.4 is 19.3 Å². The van der Waals surface area contributed by atoms with Gasteiger partial charge in [0, 0.05) is 5.41 Å². The summed E-state index contributed by atoms with van der Waals surface area (Å²) in [5.74, 6) is 1.52. The zero-order chi connectivity index (χ0) is 23.0. The lowest BCUT2D eigenvalue weighted by atomic mass is 9.78. The lowest BCUT2D eigenvalue weighted by Crippen LogP contribution is -3.07. The smallest absolute Gasteiger partial charge is 0.137 e. The maximum Gasteiger partial charge on any atom is 0.137 e. The van der Waals surface area contributed by atoms with Crippen LogP contribution in [0.4, 0.5) is 0 Å². The van der Waals surface area contributed by atoms with Crippen LogP contribution in [0, 0.1) is 0 Å². The van der Waals surface area contributed by atoms with Crippen molar-refractivity contribution >= 4 is 0 Å². The number of hydrogen-bond acceptors (Lipinski definition) is 4. The van der Waals surface area contributed by atoms with Crippen molar-refractivity contribution in [2.45, 2.75) is 31.5 Å². The molecule has 0 aromatic heterocycles. The van der Waals surface area contributed by atoms with E-state index >= 15 is 0 Å². The first-order valence-corrected chi connectivity index (χ1v) is 11.0. The van der Waals surface area contributed by atoms with E-state index in [0.717, 1.165) is 11.5 Å². The second-order valence-electron chi connectivity index (χ2n) is 9.43. The maximum atomic E-state index is 9.97. The third kappa shape index (κ3) is 8.15. The largest absolute Gasteiger partial charge is 0.491 e. The van der Waals surface area contributed by atoms with Crippen LogP contribution in [0.25, 0.3) is 0 Å². The molecule has 6 nitrogen and oxygen atoms in total. The first-order chi connectivity index (χ1) is 14.6. The molecule has 2 aromatic rings. The number of nitrogens with one attached hydrogen (secondary N) is 2. The average Bonchev–Trinajstić information content (AvgIpc) is 2.70. The Morgan fingerprint density at radius 3 is 1.29 bits per heavy atom. The zero-order valence-corrected chi connectivity index (χ0v) is 19.8. The van der Waals surface area contributed by atoms with Gasteiger partial charge in [-0.1, -0.05) is 38.1 Å². The Kier molecular flexibility index (Phi) is 9.32. The summed E-state index contributed by atoms with van der Waals surface area (Å²) in [6, 6.07) is 16.1. The van der Waals surface area contributed by atoms with E-state index in [1.165, 1.54) is 20.9 Å². The minimum Gasteiger partial charge on any atom is -0.491 e. The van der Waals surface area contributed by atoms with Gasteiger partial charge >= 0.3 is 0 Å². The predicted molar refractivity (Wildman–Crippen MR) is 123 cm³/mol. The summed E-state index contributed by atoms with van der Waals surface area (Å²) in [6.45, 7) is 6.26. The lowest BCUT2D eigenvalue weighted by Gasteiger charge is -2.26. The van der Waals surface area contributed by atoms with E-state index in [1.54, 1.807) is 0 Å². The molecule has 2 rings (SSSR count). The Labute approximate surface area is 187 Å². The van der Waals surface area contributed by atoms with Gasteiger partial charge in [0.05, 0.1) is 28.2 Å². The van der Waals surface area contributed by atoms with Gasteiger partial charge < -0.3 is 29.5 Å². The molecule has 6 heteroatoms. The predicted octanol–water partition coefficient (Wildman–Crippen LogP) is -0.219. The van der Waals surface area contributed by atoms with E-state index in [0.29, 0.717) is 26.3 Å². The van der Waals surface area contributed by atoms with Crippen LogP contribution >= 0.6 is 0 Å². The summed E-state index contributed by atoms with van der Waals surface area (Å²) in [5, 5.41) is 19.9. The van der Waals surface area contributed by atoms with Gasteiger partial charge in [-0.15, -0.1) is 0 Å². The fourth-order valence-corrected chi connectivity index (χ4v) is 3.55. The van der Waals surface area contributed by atoms with Crippen molar-refractivity contribution in [3.05, 3.63) is 59.7 Å². The number of aliphatic hydroxyl groups is 2. The summed E-state index contributed by atoms with van der Waals surface area (Å²) in [4.78, 5) is 2.38. The summed E-state index contributed by atoms with van der Waals surface area (Å²) in [7, 11) is 8.03. The highest BCUT2D eigenvalue weighted by Gasteiger charge is 2.23. The van der Waals surface area contributed by atoms with Gasteiger partial charge in [-0.2, -0.15) is 0 Å². The number of aliphatic hydroxyl groups excluding tert-OH is 2. The average molecular weight is 433 g/mol. The second kappa shape index (κ2) is 11.5. The molecule has 2 aromatic carbocycles. The van der Waals surface area contributed by atoms with E-state index < -0.39 is 12.2 Å². The Morgan fingerprint density at radius 2 is 1.00 bits per heavy atom. The molecule has 0 aliphatic heterocycles. The molecule has 0 heterocycles. The van der Waals surface area contributed by atoms with Crippen molar-refractivity contribution in [1.82, 2.24) is 0 Å². The van der Waals surface area contributed by atoms with Gasteiger partial charge in [0.15, 0.2) is 0 Å². The second-order valence-corrected chi connectivity index (χ2v) is 9.43. The fraction of sp³-hybridized carbons (Fsp3) is 0.520. The molecule has 2 atom stereocenters. The highest BCUT2D eigenvalue weighted by atomic mass is 16.5. The van der Waals surface area contributed by atoms with E-state index in [4.69, 9.17) is 9.47 Å². The molecular weight excluding hydrogens is 392 g/mol. The van der Waals surface area contributed by atoms with Gasteiger partial charge in [0.1, 0.15) is 50.0 Å². The van der Waals surface area contributed by atoms with Crippen LogP contribution in [0.15, 0.2) is 48.5 Å². The quantitative estimate of drug-likeness (QED) is 0.375. The minimum absolute atomic E-state index is 0.182. The van der Waals surface area contributed by atoms with E-state index in [-0.39, 0.29) is 5.41 Å². The van der Waals surface area contributed by atoms with Crippen LogP contribution in [0.2, 0.25) is 0 Å². The monoisotopic (exact) mass is 432 g/mol. The van der Waals surface area contributed by atoms with Gasteiger partial charge in [0.2, 0.25) is 0 Å². The van der Waals surface area contributed by atoms with Gasteiger partial charge in [-0.3, -0.25) is 0 Å². The molecule has 0 unspecified atom stereocenters. The molecule has 31 heavy (non-hydrogen) atoms. The van der Waals surface area contributed by atoms with Crippen molar-refractivity contribution in [2.24, 2.45) is 0 Å². The standard InChI is InChI=1S/C25H38N2O4/c1-25(2,19-7-11-23(12-8-19)30-17-21(28)15-26(3)4)20-9-13-24(14-10-20)31-18-22(29)16-27(5)6/h7-14,21-22,28-29H,15-18H2,1-6H3/p+2/t21-,22-/m0/s1. The Balaban J connectivity index is 1.96. The Bertz CT molecular complexity index is 708. The number of ether oxygens (including phenoxy) is 2. The summed E-state index contributed by atoms with van der Waals surface area (Å²) < 4.78 is 11.5. The number of benzene rings is 2. The van der Waals surface area contributed by atoms with Gasteiger partial charge in [0.25, 0.3) is 0 Å². The molecule has 0 aliphatic carbocycles. The van der Waals surface area contributed by atoms with Crippen molar-refractivity contribution in [1.29, 1.82) is 0 Å². The zero-order valence-electron chi connectivity index (χ0n) is 19.8. The highest BCUT2D eigenvalue weighted by molar-refractivity contribution is 5.41. The first kappa shape index (κ1) is 25.1. The molecule has 0 saturated heterocycles. The Hall–Kier alpha value is -2.12. The number of likely N-dealkylation sites (N-methyl/N-ethyl adjacent to an activating group) is 2. The highest BCUT2D eigenvalue weighted by Crippen LogP contribution is 2.33. The fourth-order valence-electron chi connectivity index (χ4n) is 3.55. The molecule has 172 valence electrons. The summed E-state index contributed by atoms with van der Waals surface area (Å²) in [6.07, 6.45) is -0.959. The summed E-state index contributed by atoms with van der Waals surface area (Å²) >= 11 is 0. The molecule has 0 bridgehead atoms. The normalized spacial score (nSPS) is 14.0. The van der Waals surface area contributed by atoms with E-state index in [2.05, 4.69) is 38.1 Å².